The molecule has 2 atom stereocenters. The Morgan fingerprint density at radius 3 is 1.91 bits per heavy atom. The van der Waals surface area contributed by atoms with Crippen LogP contribution in [0.3, 0.4) is 0 Å². The maximum Gasteiger partial charge on any atom is 0.523 e. The van der Waals surface area contributed by atoms with Crippen molar-refractivity contribution >= 4 is 45.3 Å². The van der Waals surface area contributed by atoms with Gasteiger partial charge in [0.2, 0.25) is 0 Å². The van der Waals surface area contributed by atoms with E-state index in [1.807, 2.05) is 0 Å². The van der Waals surface area contributed by atoms with Gasteiger partial charge in [-0.3, -0.25) is 27.9 Å². The number of carbonyl (C=O) groups excluding carboxylic acids is 2. The van der Waals surface area contributed by atoms with E-state index in [4.69, 9.17) is 0 Å². The SMILES string of the molecule is COC(=O)[C@@H](C)OS(=O)(=O)C(F)(F)F.COC(=O)[C@H](C)n1cnc2c1c(=O)n(C)c(=O)n2C.Cn1c2c(c(=O)n(C)c1=O)CC=N2. The molecule has 18 nitrogen and oxygen atoms in total. The first-order chi connectivity index (χ1) is 21.1. The molecule has 0 saturated heterocycles. The Morgan fingerprint density at radius 1 is 0.870 bits per heavy atom. The van der Waals surface area contributed by atoms with Crippen molar-refractivity contribution in [3.8, 4) is 0 Å². The van der Waals surface area contributed by atoms with Crippen molar-refractivity contribution in [1.82, 2.24) is 27.8 Å². The average Bonchev–Trinajstić information content (AvgIpc) is 3.68. The summed E-state index contributed by atoms with van der Waals surface area (Å²) in [6, 6.07) is -0.694. The summed E-state index contributed by atoms with van der Waals surface area (Å²) in [6.45, 7) is 2.42. The Bertz CT molecular complexity index is 2040. The van der Waals surface area contributed by atoms with Crippen LogP contribution in [0.25, 0.3) is 11.2 Å². The zero-order valence-electron chi connectivity index (χ0n) is 25.7. The molecule has 46 heavy (non-hydrogen) atoms. The molecule has 22 heteroatoms. The Hall–Kier alpha value is -4.86. The van der Waals surface area contributed by atoms with Gasteiger partial charge in [-0.25, -0.2) is 33.3 Å². The van der Waals surface area contributed by atoms with Crippen LogP contribution < -0.4 is 22.5 Å². The molecule has 1 aliphatic rings. The Kier molecular flexibility index (Phi) is 11.4. The molecule has 4 heterocycles. The van der Waals surface area contributed by atoms with Crippen molar-refractivity contribution < 1.29 is 44.8 Å². The standard InChI is InChI=1S/C11H14N4O4.C8H9N3O2.C5H7F3O5S/c1-6(10(17)19-4)15-5-12-8-7(15)9(16)14(3)11(18)13(8)2;1-10-6-5(3-4-9-6)7(12)11(2)8(10)13;1-3(4(9)12-2)13-14(10,11)5(6,7)8/h5-6H,1-4H3;4H,3H2,1-2H3;3H,1-2H3/t6-;;3-/m0.1/s1. The largest absolute Gasteiger partial charge is 0.523 e. The molecule has 0 aliphatic carbocycles. The summed E-state index contributed by atoms with van der Waals surface area (Å²) in [7, 11) is 2.40. The van der Waals surface area contributed by atoms with E-state index in [1.54, 1.807) is 20.2 Å². The normalized spacial score (nSPS) is 13.5. The zero-order chi connectivity index (χ0) is 35.5. The minimum Gasteiger partial charge on any atom is -0.467 e. The smallest absolute Gasteiger partial charge is 0.467 e. The number of hydrogen-bond acceptors (Lipinski definition) is 13. The average molecular weight is 682 g/mol. The Labute approximate surface area is 257 Å². The molecular formula is C24H30F3N7O11S. The van der Waals surface area contributed by atoms with Gasteiger partial charge in [0, 0.05) is 40.8 Å². The summed E-state index contributed by atoms with van der Waals surface area (Å²) >= 11 is 0. The number of carbonyl (C=O) groups is 2. The van der Waals surface area contributed by atoms with Gasteiger partial charge in [-0.05, 0) is 13.8 Å². The molecule has 0 aromatic carbocycles. The number of methoxy groups -OCH3 is 2. The van der Waals surface area contributed by atoms with Gasteiger partial charge in [-0.15, -0.1) is 0 Å². The number of alkyl halides is 3. The number of hydrogen-bond donors (Lipinski definition) is 0. The number of aromatic nitrogens is 6. The topological polar surface area (TPSA) is 214 Å². The van der Waals surface area contributed by atoms with Gasteiger partial charge >= 0.3 is 38.9 Å². The van der Waals surface area contributed by atoms with Crippen LogP contribution >= 0.6 is 0 Å². The summed E-state index contributed by atoms with van der Waals surface area (Å²) < 4.78 is 74.0. The van der Waals surface area contributed by atoms with Gasteiger partial charge in [-0.2, -0.15) is 21.6 Å². The van der Waals surface area contributed by atoms with Crippen LogP contribution in [-0.4, -0.2) is 80.2 Å². The van der Waals surface area contributed by atoms with Gasteiger partial charge in [-0.1, -0.05) is 0 Å². The van der Waals surface area contributed by atoms with Crippen LogP contribution in [0.2, 0.25) is 0 Å². The number of aryl methyl sites for hydroxylation is 1. The van der Waals surface area contributed by atoms with Gasteiger partial charge in [0.1, 0.15) is 11.9 Å². The number of ether oxygens (including phenoxy) is 2. The lowest BCUT2D eigenvalue weighted by Gasteiger charge is -2.12. The minimum atomic E-state index is -5.75. The lowest BCUT2D eigenvalue weighted by molar-refractivity contribution is -0.148. The molecule has 0 saturated carbocycles. The molecule has 0 radical (unpaired) electrons. The van der Waals surface area contributed by atoms with Crippen molar-refractivity contribution in [3.05, 3.63) is 53.6 Å². The predicted octanol–water partition coefficient (Wildman–Crippen LogP) is -1.08. The second kappa shape index (κ2) is 14.1. The minimum absolute atomic E-state index is 0.197. The van der Waals surface area contributed by atoms with Crippen molar-refractivity contribution in [2.45, 2.75) is 37.9 Å². The van der Waals surface area contributed by atoms with Crippen molar-refractivity contribution in [2.24, 2.45) is 33.2 Å². The molecule has 0 spiro atoms. The first-order valence-corrected chi connectivity index (χ1v) is 14.1. The Balaban J connectivity index is 0.000000246. The first-order valence-electron chi connectivity index (χ1n) is 12.7. The highest BCUT2D eigenvalue weighted by Gasteiger charge is 2.49. The highest BCUT2D eigenvalue weighted by Crippen LogP contribution is 2.25. The van der Waals surface area contributed by atoms with E-state index in [-0.39, 0.29) is 22.4 Å². The lowest BCUT2D eigenvalue weighted by Crippen LogP contribution is -2.38. The maximum atomic E-state index is 12.1. The molecule has 3 aromatic heterocycles. The summed E-state index contributed by atoms with van der Waals surface area (Å²) in [5.41, 5.74) is -6.04. The highest BCUT2D eigenvalue weighted by atomic mass is 32.2. The number of rotatable bonds is 5. The van der Waals surface area contributed by atoms with Crippen molar-refractivity contribution in [1.29, 1.82) is 0 Å². The van der Waals surface area contributed by atoms with Gasteiger partial charge in [0.15, 0.2) is 17.3 Å². The van der Waals surface area contributed by atoms with Crippen LogP contribution in [0, 0.1) is 0 Å². The maximum absolute atomic E-state index is 12.1. The summed E-state index contributed by atoms with van der Waals surface area (Å²) in [5, 5.41) is 0. The van der Waals surface area contributed by atoms with Crippen LogP contribution in [0.4, 0.5) is 19.0 Å². The highest BCUT2D eigenvalue weighted by molar-refractivity contribution is 7.87. The van der Waals surface area contributed by atoms with E-state index < -0.39 is 51.0 Å². The zero-order valence-corrected chi connectivity index (χ0v) is 26.5. The summed E-state index contributed by atoms with van der Waals surface area (Å²) in [6.07, 6.45) is 1.70. The molecule has 254 valence electrons. The number of esters is 2. The molecule has 0 amide bonds. The van der Waals surface area contributed by atoms with E-state index in [2.05, 4.69) is 23.6 Å². The lowest BCUT2D eigenvalue weighted by atomic mass is 10.2. The number of nitrogens with zero attached hydrogens (tertiary/aromatic N) is 7. The fourth-order valence-electron chi connectivity index (χ4n) is 3.86. The van der Waals surface area contributed by atoms with E-state index in [0.29, 0.717) is 17.8 Å². The van der Waals surface area contributed by atoms with Crippen LogP contribution in [0.1, 0.15) is 25.5 Å². The van der Waals surface area contributed by atoms with Gasteiger partial charge < -0.3 is 14.0 Å². The van der Waals surface area contributed by atoms with Crippen LogP contribution in [0.15, 0.2) is 30.5 Å². The van der Waals surface area contributed by atoms with Crippen LogP contribution in [-0.2, 0) is 68.0 Å². The molecule has 0 unspecified atom stereocenters. The summed E-state index contributed by atoms with van der Waals surface area (Å²) in [5.74, 6) is -1.21. The second-order valence-corrected chi connectivity index (χ2v) is 11.0. The van der Waals surface area contributed by atoms with Gasteiger partial charge in [0.05, 0.1) is 26.1 Å². The van der Waals surface area contributed by atoms with Crippen LogP contribution in [0.5, 0.6) is 0 Å². The quantitative estimate of drug-likeness (QED) is 0.179. The second-order valence-electron chi connectivity index (χ2n) is 9.41. The summed E-state index contributed by atoms with van der Waals surface area (Å²) in [4.78, 5) is 76.9. The third kappa shape index (κ3) is 7.33. The number of halogens is 3. The monoisotopic (exact) mass is 681 g/mol. The Morgan fingerprint density at radius 2 is 1.39 bits per heavy atom. The molecule has 0 fully saturated rings. The number of imidazole rings is 1. The molecule has 0 N–H and O–H groups in total. The number of fused-ring (bicyclic) bond motifs is 2. The van der Waals surface area contributed by atoms with E-state index in [0.717, 1.165) is 23.2 Å². The predicted molar refractivity (Wildman–Crippen MR) is 153 cm³/mol. The van der Waals surface area contributed by atoms with Crippen molar-refractivity contribution in [2.75, 3.05) is 14.2 Å². The molecular weight excluding hydrogens is 651 g/mol. The van der Waals surface area contributed by atoms with E-state index in [1.165, 1.54) is 48.3 Å². The molecule has 3 aromatic rings. The third-order valence-corrected chi connectivity index (χ3v) is 7.56. The van der Waals surface area contributed by atoms with Crippen molar-refractivity contribution in [3.63, 3.8) is 0 Å². The first kappa shape index (κ1) is 37.3. The molecule has 4 rings (SSSR count). The molecule has 1 aliphatic heterocycles. The fraction of sp³-hybridized carbons (Fsp3) is 0.500. The van der Waals surface area contributed by atoms with Gasteiger partial charge in [0.25, 0.3) is 11.1 Å². The fourth-order valence-corrected chi connectivity index (χ4v) is 4.43. The molecule has 0 bridgehead atoms. The third-order valence-electron chi connectivity index (χ3n) is 6.45. The number of aliphatic imine (C=N–C) groups is 1. The van der Waals surface area contributed by atoms with E-state index >= 15 is 0 Å². The van der Waals surface area contributed by atoms with E-state index in [9.17, 15) is 50.4 Å².